The van der Waals surface area contributed by atoms with Crippen molar-refractivity contribution in [2.24, 2.45) is 0 Å². The first kappa shape index (κ1) is 21.6. The van der Waals surface area contributed by atoms with Gasteiger partial charge < -0.3 is 24.6 Å². The van der Waals surface area contributed by atoms with E-state index in [4.69, 9.17) is 9.39 Å². The van der Waals surface area contributed by atoms with Crippen LogP contribution in [0.3, 0.4) is 0 Å². The number of morpholine rings is 1. The van der Waals surface area contributed by atoms with E-state index in [1.165, 1.54) is 12.3 Å². The summed E-state index contributed by atoms with van der Waals surface area (Å²) in [5, 5.41) is 12.5. The minimum absolute atomic E-state index is 0.233. The van der Waals surface area contributed by atoms with Gasteiger partial charge in [0.1, 0.15) is 5.69 Å². The highest BCUT2D eigenvalue weighted by molar-refractivity contribution is 6.62. The molecule has 3 heterocycles. The lowest BCUT2D eigenvalue weighted by Gasteiger charge is -2.29. The molecular formula is C20H21BF3N3O4. The molecular weight excluding hydrogens is 414 g/mol. The summed E-state index contributed by atoms with van der Waals surface area (Å²) in [5.41, 5.74) is -0.834. The van der Waals surface area contributed by atoms with Gasteiger partial charge in [-0.2, -0.15) is 13.2 Å². The fourth-order valence-corrected chi connectivity index (χ4v) is 3.83. The molecule has 7 nitrogen and oxygen atoms in total. The van der Waals surface area contributed by atoms with Gasteiger partial charge in [0.25, 0.3) is 5.91 Å². The normalized spacial score (nSPS) is 18.1. The van der Waals surface area contributed by atoms with E-state index in [2.05, 4.69) is 10.3 Å². The van der Waals surface area contributed by atoms with Crippen molar-refractivity contribution in [2.75, 3.05) is 36.5 Å². The van der Waals surface area contributed by atoms with Crippen molar-refractivity contribution in [3.05, 3.63) is 47.3 Å². The SMILES string of the molecule is CC1(C)OB(O)c2cc(NC(=O)c3ncc(N4CCOCC4)cc3C(F)(F)F)ccc21. The Morgan fingerprint density at radius 1 is 1.26 bits per heavy atom. The molecule has 1 aromatic carbocycles. The van der Waals surface area contributed by atoms with Gasteiger partial charge in [-0.1, -0.05) is 6.07 Å². The number of rotatable bonds is 3. The third-order valence-corrected chi connectivity index (χ3v) is 5.40. The number of ether oxygens (including phenoxy) is 1. The molecule has 1 amide bonds. The fraction of sp³-hybridized carbons (Fsp3) is 0.400. The summed E-state index contributed by atoms with van der Waals surface area (Å²) in [4.78, 5) is 18.2. The zero-order valence-electron chi connectivity index (χ0n) is 17.0. The van der Waals surface area contributed by atoms with E-state index in [1.807, 2.05) is 0 Å². The van der Waals surface area contributed by atoms with E-state index in [-0.39, 0.29) is 11.4 Å². The summed E-state index contributed by atoms with van der Waals surface area (Å²) < 4.78 is 51.8. The number of fused-ring (bicyclic) bond motifs is 1. The second kappa shape index (κ2) is 7.81. The number of aromatic nitrogens is 1. The van der Waals surface area contributed by atoms with Crippen LogP contribution in [-0.4, -0.2) is 49.3 Å². The lowest BCUT2D eigenvalue weighted by molar-refractivity contribution is -0.138. The zero-order chi connectivity index (χ0) is 22.4. The summed E-state index contributed by atoms with van der Waals surface area (Å²) >= 11 is 0. The molecule has 2 N–H and O–H groups in total. The number of amides is 1. The second-order valence-electron chi connectivity index (χ2n) is 7.92. The summed E-state index contributed by atoms with van der Waals surface area (Å²) in [6.07, 6.45) is -3.49. The number of hydrogen-bond donors (Lipinski definition) is 2. The van der Waals surface area contributed by atoms with Crippen LogP contribution in [0.4, 0.5) is 24.5 Å². The summed E-state index contributed by atoms with van der Waals surface area (Å²) in [7, 11) is -1.18. The molecule has 2 aliphatic rings. The Morgan fingerprint density at radius 3 is 2.65 bits per heavy atom. The molecule has 0 atom stereocenters. The van der Waals surface area contributed by atoms with Crippen LogP contribution in [0.25, 0.3) is 0 Å². The standard InChI is InChI=1S/C20H21BF3N3O4/c1-19(2)14-4-3-12(9-16(14)21(29)31-19)26-18(28)17-15(20(22,23)24)10-13(11-25-17)27-5-7-30-8-6-27/h3-4,9-11,29H,5-8H2,1-2H3,(H,26,28). The quantitative estimate of drug-likeness (QED) is 0.720. The third kappa shape index (κ3) is 4.25. The van der Waals surface area contributed by atoms with Gasteiger partial charge in [0.2, 0.25) is 0 Å². The lowest BCUT2D eigenvalue weighted by Crippen LogP contribution is -2.36. The number of carbonyl (C=O) groups is 1. The minimum atomic E-state index is -4.76. The molecule has 1 aromatic heterocycles. The van der Waals surface area contributed by atoms with Gasteiger partial charge >= 0.3 is 13.3 Å². The Hall–Kier alpha value is -2.63. The lowest BCUT2D eigenvalue weighted by atomic mass is 9.78. The van der Waals surface area contributed by atoms with Crippen molar-refractivity contribution >= 4 is 29.9 Å². The first-order valence-corrected chi connectivity index (χ1v) is 9.78. The summed E-state index contributed by atoms with van der Waals surface area (Å²) in [5.74, 6) is -0.992. The first-order chi connectivity index (χ1) is 14.6. The fourth-order valence-electron chi connectivity index (χ4n) is 3.83. The van der Waals surface area contributed by atoms with Crippen LogP contribution in [0.2, 0.25) is 0 Å². The van der Waals surface area contributed by atoms with Crippen molar-refractivity contribution < 1.29 is 32.4 Å². The molecule has 0 saturated carbocycles. The van der Waals surface area contributed by atoms with E-state index in [0.29, 0.717) is 31.8 Å². The molecule has 2 aliphatic heterocycles. The number of anilines is 2. The molecule has 164 valence electrons. The molecule has 1 fully saturated rings. The van der Waals surface area contributed by atoms with Crippen LogP contribution in [0.5, 0.6) is 0 Å². The number of alkyl halides is 3. The number of nitrogens with one attached hydrogen (secondary N) is 1. The van der Waals surface area contributed by atoms with Gasteiger partial charge in [0.05, 0.1) is 36.3 Å². The Bertz CT molecular complexity index is 1010. The maximum atomic E-state index is 13.7. The highest BCUT2D eigenvalue weighted by Gasteiger charge is 2.41. The van der Waals surface area contributed by atoms with Gasteiger partial charge in [-0.15, -0.1) is 0 Å². The van der Waals surface area contributed by atoms with Gasteiger partial charge in [0, 0.05) is 18.8 Å². The van der Waals surface area contributed by atoms with Gasteiger partial charge in [-0.05, 0) is 43.1 Å². The van der Waals surface area contributed by atoms with Crippen LogP contribution < -0.4 is 15.7 Å². The van der Waals surface area contributed by atoms with Crippen LogP contribution in [0.1, 0.15) is 35.5 Å². The maximum Gasteiger partial charge on any atom is 0.492 e. The Kier molecular flexibility index (Phi) is 5.44. The predicted octanol–water partition coefficient (Wildman–Crippen LogP) is 2.14. The molecule has 0 unspecified atom stereocenters. The monoisotopic (exact) mass is 435 g/mol. The van der Waals surface area contributed by atoms with E-state index < -0.39 is 36.1 Å². The third-order valence-electron chi connectivity index (χ3n) is 5.40. The summed E-state index contributed by atoms with van der Waals surface area (Å²) in [6, 6.07) is 5.65. The number of benzene rings is 1. The number of pyridine rings is 1. The largest absolute Gasteiger partial charge is 0.492 e. The number of nitrogens with zero attached hydrogens (tertiary/aromatic N) is 2. The predicted molar refractivity (Wildman–Crippen MR) is 108 cm³/mol. The Labute approximate surface area is 177 Å². The topological polar surface area (TPSA) is 83.9 Å². The second-order valence-corrected chi connectivity index (χ2v) is 7.92. The smallest absolute Gasteiger partial charge is 0.423 e. The van der Waals surface area contributed by atoms with Gasteiger partial charge in [-0.3, -0.25) is 4.79 Å². The zero-order valence-corrected chi connectivity index (χ0v) is 17.0. The highest BCUT2D eigenvalue weighted by atomic mass is 19.4. The van der Waals surface area contributed by atoms with Crippen molar-refractivity contribution in [1.29, 1.82) is 0 Å². The van der Waals surface area contributed by atoms with Crippen LogP contribution >= 0.6 is 0 Å². The number of hydrogen-bond acceptors (Lipinski definition) is 6. The molecule has 4 rings (SSSR count). The van der Waals surface area contributed by atoms with Crippen molar-refractivity contribution in [3.63, 3.8) is 0 Å². The van der Waals surface area contributed by atoms with Crippen LogP contribution in [0, 0.1) is 0 Å². The summed E-state index contributed by atoms with van der Waals surface area (Å²) in [6.45, 7) is 5.29. The molecule has 0 aliphatic carbocycles. The number of halogens is 3. The van der Waals surface area contributed by atoms with Crippen molar-refractivity contribution in [2.45, 2.75) is 25.6 Å². The maximum absolute atomic E-state index is 13.7. The average molecular weight is 435 g/mol. The van der Waals surface area contributed by atoms with Gasteiger partial charge in [-0.25, -0.2) is 4.98 Å². The minimum Gasteiger partial charge on any atom is -0.423 e. The van der Waals surface area contributed by atoms with Crippen LogP contribution in [0.15, 0.2) is 30.5 Å². The molecule has 0 radical (unpaired) electrons. The highest BCUT2D eigenvalue weighted by Crippen LogP contribution is 2.35. The molecule has 31 heavy (non-hydrogen) atoms. The van der Waals surface area contributed by atoms with E-state index in [1.54, 1.807) is 30.9 Å². The Morgan fingerprint density at radius 2 is 1.97 bits per heavy atom. The molecule has 0 spiro atoms. The molecule has 11 heteroatoms. The molecule has 1 saturated heterocycles. The van der Waals surface area contributed by atoms with E-state index >= 15 is 0 Å². The average Bonchev–Trinajstić information content (AvgIpc) is 2.95. The Balaban J connectivity index is 1.62. The van der Waals surface area contributed by atoms with Crippen LogP contribution in [-0.2, 0) is 21.2 Å². The molecule has 0 bridgehead atoms. The van der Waals surface area contributed by atoms with E-state index in [0.717, 1.165) is 11.6 Å². The van der Waals surface area contributed by atoms with Crippen molar-refractivity contribution in [3.8, 4) is 0 Å². The number of carbonyl (C=O) groups excluding carboxylic acids is 1. The van der Waals surface area contributed by atoms with Crippen molar-refractivity contribution in [1.82, 2.24) is 4.98 Å². The van der Waals surface area contributed by atoms with E-state index in [9.17, 15) is 23.0 Å². The molecule has 2 aromatic rings. The first-order valence-electron chi connectivity index (χ1n) is 9.78. The van der Waals surface area contributed by atoms with Gasteiger partial charge in [0.15, 0.2) is 0 Å².